The monoisotopic (exact) mass is 327 g/mol. The van der Waals surface area contributed by atoms with Gasteiger partial charge in [0.2, 0.25) is 0 Å². The summed E-state index contributed by atoms with van der Waals surface area (Å²) in [5.41, 5.74) is 4.36. The number of hydrogen-bond donors (Lipinski definition) is 0. The van der Waals surface area contributed by atoms with E-state index in [0.717, 1.165) is 25.7 Å². The second-order valence-corrected chi connectivity index (χ2v) is 6.76. The quantitative estimate of drug-likeness (QED) is 0.751. The molecule has 0 radical (unpaired) electrons. The molecule has 1 heterocycles. The highest BCUT2D eigenvalue weighted by Crippen LogP contribution is 2.41. The van der Waals surface area contributed by atoms with E-state index < -0.39 is 0 Å². The van der Waals surface area contributed by atoms with Crippen LogP contribution >= 0.6 is 0 Å². The normalized spacial score (nSPS) is 29.0. The van der Waals surface area contributed by atoms with Gasteiger partial charge >= 0.3 is 6.09 Å². The number of carbonyl (C=O) groups excluding carboxylic acids is 1. The van der Waals surface area contributed by atoms with E-state index in [4.69, 9.17) is 15.9 Å². The Morgan fingerprint density at radius 1 is 1.33 bits per heavy atom. The molecule has 0 spiro atoms. The van der Waals surface area contributed by atoms with Crippen molar-refractivity contribution in [2.75, 3.05) is 14.2 Å². The maximum atomic E-state index is 11.8. The number of terminal acetylenes is 1. The molecule has 1 saturated carbocycles. The number of rotatable bonds is 1. The number of carbonyl (C=O) groups is 1. The molecule has 3 aliphatic carbocycles. The zero-order valence-corrected chi connectivity index (χ0v) is 14.6. The van der Waals surface area contributed by atoms with Gasteiger partial charge in [-0.2, -0.15) is 0 Å². The molecule has 0 aromatic carbocycles. The molecule has 0 bridgehead atoms. The van der Waals surface area contributed by atoms with Crippen LogP contribution in [0.25, 0.3) is 11.1 Å². The number of fused-ring (bicyclic) bond motifs is 2. The van der Waals surface area contributed by atoms with E-state index in [1.54, 1.807) is 12.0 Å². The van der Waals surface area contributed by atoms with Gasteiger partial charge in [-0.05, 0) is 49.3 Å². The van der Waals surface area contributed by atoms with Crippen molar-refractivity contribution in [2.45, 2.75) is 50.8 Å². The molecule has 4 aliphatic rings. The Morgan fingerprint density at radius 3 is 2.54 bits per heavy atom. The van der Waals surface area contributed by atoms with Crippen LogP contribution in [-0.2, 0) is 9.47 Å². The summed E-state index contributed by atoms with van der Waals surface area (Å²) in [4.78, 5) is 13.5. The smallest absolute Gasteiger partial charge is 0.410 e. The van der Waals surface area contributed by atoms with E-state index in [9.17, 15) is 4.79 Å². The third-order valence-corrected chi connectivity index (χ3v) is 5.57. The zero-order chi connectivity index (χ0) is 17.3. The summed E-state index contributed by atoms with van der Waals surface area (Å²) in [6, 6.07) is 6.54. The third-order valence-electron chi connectivity index (χ3n) is 5.57. The lowest BCUT2D eigenvalue weighted by Crippen LogP contribution is -2.45. The van der Waals surface area contributed by atoms with Crippen LogP contribution in [0, 0.1) is 25.2 Å². The van der Waals surface area contributed by atoms with Crippen LogP contribution in [0.15, 0.2) is 18.2 Å². The summed E-state index contributed by atoms with van der Waals surface area (Å²) in [6.45, 7) is 2.14. The molecule has 2 fully saturated rings. The predicted octanol–water partition coefficient (Wildman–Crippen LogP) is 3.62. The molecule has 1 aliphatic heterocycles. The van der Waals surface area contributed by atoms with Crippen molar-refractivity contribution < 1.29 is 14.3 Å². The Morgan fingerprint density at radius 2 is 2.12 bits per heavy atom. The lowest BCUT2D eigenvalue weighted by atomic mass is 9.82. The molecule has 4 atom stereocenters. The summed E-state index contributed by atoms with van der Waals surface area (Å²) in [7, 11) is 3.14. The number of likely N-dealkylation sites (tertiary alicyclic amines) is 1. The first kappa shape index (κ1) is 16.9. The first-order valence-corrected chi connectivity index (χ1v) is 8.57. The van der Waals surface area contributed by atoms with Crippen LogP contribution in [0.3, 0.4) is 0 Å². The molecule has 0 N–H and O–H groups in total. The Labute approximate surface area is 144 Å². The Kier molecular flexibility index (Phi) is 4.82. The summed E-state index contributed by atoms with van der Waals surface area (Å²) >= 11 is 0. The van der Waals surface area contributed by atoms with Gasteiger partial charge in [0.1, 0.15) is 0 Å². The van der Waals surface area contributed by atoms with Crippen LogP contribution in [0.1, 0.15) is 31.2 Å². The van der Waals surface area contributed by atoms with Gasteiger partial charge in [0.15, 0.2) is 0 Å². The van der Waals surface area contributed by atoms with Gasteiger partial charge < -0.3 is 9.47 Å². The first-order chi connectivity index (χ1) is 11.6. The SMILES string of the molecule is C#CC1C[C@H]2[C@@H](OC)CCC[C@H]2N1C(=O)OC.Cc1cc2ccc1-2. The molecule has 0 aromatic rings. The molecule has 1 unspecified atom stereocenters. The Balaban J connectivity index is 0.000000198. The van der Waals surface area contributed by atoms with E-state index in [1.807, 2.05) is 0 Å². The second-order valence-electron chi connectivity index (χ2n) is 6.76. The second kappa shape index (κ2) is 6.86. The van der Waals surface area contributed by atoms with Gasteiger partial charge in [0, 0.05) is 19.1 Å². The predicted molar refractivity (Wildman–Crippen MR) is 93.6 cm³/mol. The minimum Gasteiger partial charge on any atom is -0.453 e. The van der Waals surface area contributed by atoms with Gasteiger partial charge in [-0.1, -0.05) is 24.1 Å². The minimum atomic E-state index is -0.308. The van der Waals surface area contributed by atoms with E-state index >= 15 is 0 Å². The number of aryl methyl sites for hydroxylation is 1. The average Bonchev–Trinajstić information content (AvgIpc) is 2.97. The van der Waals surface area contributed by atoms with Crippen molar-refractivity contribution in [1.29, 1.82) is 0 Å². The van der Waals surface area contributed by atoms with Crippen molar-refractivity contribution in [1.82, 2.24) is 4.90 Å². The highest BCUT2D eigenvalue weighted by molar-refractivity contribution is 5.80. The number of amides is 1. The highest BCUT2D eigenvalue weighted by Gasteiger charge is 2.48. The lowest BCUT2D eigenvalue weighted by Gasteiger charge is -2.35. The van der Waals surface area contributed by atoms with Crippen LogP contribution in [-0.4, -0.2) is 43.4 Å². The molecular weight excluding hydrogens is 302 g/mol. The summed E-state index contributed by atoms with van der Waals surface area (Å²) in [5.74, 6) is 3.06. The van der Waals surface area contributed by atoms with Crippen molar-refractivity contribution >= 4 is 6.09 Å². The summed E-state index contributed by atoms with van der Waals surface area (Å²) < 4.78 is 10.3. The molecule has 128 valence electrons. The molecule has 0 aromatic heterocycles. The van der Waals surface area contributed by atoms with Crippen molar-refractivity contribution in [3.05, 3.63) is 23.8 Å². The van der Waals surface area contributed by atoms with E-state index in [1.165, 1.54) is 23.8 Å². The number of hydrogen-bond acceptors (Lipinski definition) is 3. The highest BCUT2D eigenvalue weighted by atomic mass is 16.5. The van der Waals surface area contributed by atoms with E-state index in [0.29, 0.717) is 5.92 Å². The fourth-order valence-electron chi connectivity index (χ4n) is 4.25. The van der Waals surface area contributed by atoms with E-state index in [2.05, 4.69) is 31.0 Å². The maximum Gasteiger partial charge on any atom is 0.410 e. The minimum absolute atomic E-state index is 0.145. The fraction of sp³-hybridized carbons (Fsp3) is 0.550. The van der Waals surface area contributed by atoms with Gasteiger partial charge in [0.25, 0.3) is 0 Å². The fourth-order valence-corrected chi connectivity index (χ4v) is 4.25. The van der Waals surface area contributed by atoms with Gasteiger partial charge in [-0.25, -0.2) is 4.79 Å². The standard InChI is InChI=1S/C13H19NO3.C7H6/c1-4-9-8-10-11(14(9)13(15)17-3)6-5-7-12(10)16-2;1-5-4-6-2-3-7(5)6/h1,9-12H,5-8H2,2-3H3;2-4H,1H3/t9?,10-,11-,12+;/m1./s1. The van der Waals surface area contributed by atoms with Gasteiger partial charge in [0.05, 0.1) is 19.3 Å². The van der Waals surface area contributed by atoms with Crippen LogP contribution < -0.4 is 0 Å². The largest absolute Gasteiger partial charge is 0.453 e. The summed E-state index contributed by atoms with van der Waals surface area (Å²) in [6.07, 6.45) is 9.39. The van der Waals surface area contributed by atoms with Crippen LogP contribution in [0.5, 0.6) is 0 Å². The van der Waals surface area contributed by atoms with Gasteiger partial charge in [-0.15, -0.1) is 6.42 Å². The molecule has 4 rings (SSSR count). The van der Waals surface area contributed by atoms with E-state index in [-0.39, 0.29) is 24.3 Å². The number of nitrogens with zero attached hydrogens (tertiary/aromatic N) is 1. The maximum absolute atomic E-state index is 11.8. The van der Waals surface area contributed by atoms with Crippen molar-refractivity contribution in [2.24, 2.45) is 5.92 Å². The van der Waals surface area contributed by atoms with Crippen LogP contribution in [0.2, 0.25) is 0 Å². The molecule has 1 amide bonds. The molecule has 1 saturated heterocycles. The number of ether oxygens (including phenoxy) is 2. The molecule has 4 heteroatoms. The third kappa shape index (κ3) is 2.78. The Bertz CT molecular complexity index is 663. The molecule has 4 nitrogen and oxygen atoms in total. The Hall–Kier alpha value is -1.99. The molecule has 24 heavy (non-hydrogen) atoms. The summed E-state index contributed by atoms with van der Waals surface area (Å²) in [5, 5.41) is 0. The average molecular weight is 327 g/mol. The molecular formula is C20H25NO3. The topological polar surface area (TPSA) is 38.8 Å². The van der Waals surface area contributed by atoms with Crippen molar-refractivity contribution in [3.8, 4) is 23.5 Å². The van der Waals surface area contributed by atoms with Crippen molar-refractivity contribution in [3.63, 3.8) is 0 Å². The van der Waals surface area contributed by atoms with Crippen LogP contribution in [0.4, 0.5) is 4.79 Å². The number of benzene rings is 1. The number of methoxy groups -OCH3 is 2. The first-order valence-electron chi connectivity index (χ1n) is 8.57. The van der Waals surface area contributed by atoms with Gasteiger partial charge in [-0.3, -0.25) is 4.90 Å². The zero-order valence-electron chi connectivity index (χ0n) is 14.6. The lowest BCUT2D eigenvalue weighted by molar-refractivity contribution is 0.00523.